The first kappa shape index (κ1) is 13.9. The lowest BCUT2D eigenvalue weighted by atomic mass is 10.1. The van der Waals surface area contributed by atoms with Crippen molar-refractivity contribution < 1.29 is 9.47 Å². The molecular formula is C16H21N3O2. The van der Waals surface area contributed by atoms with Gasteiger partial charge in [-0.15, -0.1) is 0 Å². The Labute approximate surface area is 124 Å². The maximum Gasteiger partial charge on any atom is 0.231 e. The molecule has 1 N–H and O–H groups in total. The number of aromatic nitrogens is 2. The fourth-order valence-electron chi connectivity index (χ4n) is 2.29. The summed E-state index contributed by atoms with van der Waals surface area (Å²) in [6.07, 6.45) is 4.00. The largest absolute Gasteiger partial charge is 0.454 e. The van der Waals surface area contributed by atoms with E-state index in [0.717, 1.165) is 30.2 Å². The fourth-order valence-corrected chi connectivity index (χ4v) is 2.29. The first-order valence-corrected chi connectivity index (χ1v) is 7.16. The first-order valence-electron chi connectivity index (χ1n) is 7.16. The Balaban J connectivity index is 1.60. The zero-order valence-electron chi connectivity index (χ0n) is 12.7. The van der Waals surface area contributed by atoms with Crippen LogP contribution in [0.15, 0.2) is 30.6 Å². The maximum atomic E-state index is 5.50. The van der Waals surface area contributed by atoms with Crippen LogP contribution in [0.1, 0.15) is 31.9 Å². The summed E-state index contributed by atoms with van der Waals surface area (Å²) in [5, 5.41) is 7.83. The predicted octanol–water partition coefficient (Wildman–Crippen LogP) is 2.66. The average Bonchev–Trinajstić information content (AvgIpc) is 3.06. The monoisotopic (exact) mass is 287 g/mol. The van der Waals surface area contributed by atoms with Gasteiger partial charge in [-0.3, -0.25) is 4.68 Å². The Hall–Kier alpha value is -2.01. The molecule has 0 fully saturated rings. The van der Waals surface area contributed by atoms with Gasteiger partial charge in [0.05, 0.1) is 11.7 Å². The lowest BCUT2D eigenvalue weighted by Crippen LogP contribution is -2.22. The van der Waals surface area contributed by atoms with E-state index in [2.05, 4.69) is 43.4 Å². The number of fused-ring (bicyclic) bond motifs is 1. The van der Waals surface area contributed by atoms with E-state index in [1.54, 1.807) is 0 Å². The number of ether oxygens (including phenoxy) is 2. The molecule has 5 nitrogen and oxygen atoms in total. The zero-order chi connectivity index (χ0) is 14.9. The third-order valence-corrected chi connectivity index (χ3v) is 3.45. The van der Waals surface area contributed by atoms with Gasteiger partial charge in [0.1, 0.15) is 0 Å². The van der Waals surface area contributed by atoms with Crippen molar-refractivity contribution in [3.05, 3.63) is 41.7 Å². The number of para-hydroxylation sites is 1. The molecule has 112 valence electrons. The number of hydrogen-bond acceptors (Lipinski definition) is 4. The summed E-state index contributed by atoms with van der Waals surface area (Å²) in [6, 6.07) is 5.97. The summed E-state index contributed by atoms with van der Waals surface area (Å²) in [6.45, 7) is 8.25. The van der Waals surface area contributed by atoms with E-state index >= 15 is 0 Å². The molecule has 0 saturated carbocycles. The van der Waals surface area contributed by atoms with Crippen LogP contribution in [0, 0.1) is 0 Å². The molecule has 1 aliphatic rings. The molecule has 0 atom stereocenters. The van der Waals surface area contributed by atoms with Gasteiger partial charge >= 0.3 is 0 Å². The van der Waals surface area contributed by atoms with Gasteiger partial charge in [-0.2, -0.15) is 5.10 Å². The number of nitrogens with zero attached hydrogens (tertiary/aromatic N) is 2. The molecule has 0 bridgehead atoms. The summed E-state index contributed by atoms with van der Waals surface area (Å²) in [5.41, 5.74) is 2.31. The predicted molar refractivity (Wildman–Crippen MR) is 80.3 cm³/mol. The SMILES string of the molecule is CC(C)(C)n1cc(CNCc2cccc3c2OCO3)cn1. The number of benzene rings is 1. The second-order valence-corrected chi connectivity index (χ2v) is 6.22. The van der Waals surface area contributed by atoms with Crippen LogP contribution in [0.3, 0.4) is 0 Å². The standard InChI is InChI=1S/C16H21N3O2/c1-16(2,3)19-10-12(8-18-19)7-17-9-13-5-4-6-14-15(13)21-11-20-14/h4-6,8,10,17H,7,9,11H2,1-3H3. The van der Waals surface area contributed by atoms with E-state index in [1.807, 2.05) is 23.0 Å². The van der Waals surface area contributed by atoms with Gasteiger partial charge in [0.2, 0.25) is 6.79 Å². The van der Waals surface area contributed by atoms with Crippen molar-refractivity contribution >= 4 is 0 Å². The maximum absolute atomic E-state index is 5.50. The molecule has 3 rings (SSSR count). The quantitative estimate of drug-likeness (QED) is 0.939. The smallest absolute Gasteiger partial charge is 0.231 e. The molecule has 0 aliphatic carbocycles. The molecule has 0 saturated heterocycles. The molecule has 0 spiro atoms. The summed E-state index contributed by atoms with van der Waals surface area (Å²) < 4.78 is 12.9. The highest BCUT2D eigenvalue weighted by Crippen LogP contribution is 2.35. The minimum atomic E-state index is 0.0175. The molecule has 1 aromatic heterocycles. The van der Waals surface area contributed by atoms with Crippen molar-refractivity contribution in [1.29, 1.82) is 0 Å². The molecule has 21 heavy (non-hydrogen) atoms. The third-order valence-electron chi connectivity index (χ3n) is 3.45. The van der Waals surface area contributed by atoms with Crippen LogP contribution in [-0.2, 0) is 18.6 Å². The lowest BCUT2D eigenvalue weighted by molar-refractivity contribution is 0.173. The van der Waals surface area contributed by atoms with Crippen molar-refractivity contribution in [2.45, 2.75) is 39.4 Å². The van der Waals surface area contributed by atoms with Crippen LogP contribution < -0.4 is 14.8 Å². The van der Waals surface area contributed by atoms with E-state index in [4.69, 9.17) is 9.47 Å². The average molecular weight is 287 g/mol. The zero-order valence-corrected chi connectivity index (χ0v) is 12.7. The van der Waals surface area contributed by atoms with Gasteiger partial charge in [-0.1, -0.05) is 12.1 Å². The molecule has 0 amide bonds. The van der Waals surface area contributed by atoms with Gasteiger partial charge in [-0.05, 0) is 26.8 Å². The van der Waals surface area contributed by atoms with Crippen LogP contribution >= 0.6 is 0 Å². The molecular weight excluding hydrogens is 266 g/mol. The lowest BCUT2D eigenvalue weighted by Gasteiger charge is -2.18. The van der Waals surface area contributed by atoms with E-state index in [0.29, 0.717) is 6.79 Å². The number of rotatable bonds is 4. The number of hydrogen-bond donors (Lipinski definition) is 1. The van der Waals surface area contributed by atoms with Gasteiger partial charge < -0.3 is 14.8 Å². The van der Waals surface area contributed by atoms with Crippen LogP contribution in [-0.4, -0.2) is 16.6 Å². The van der Waals surface area contributed by atoms with Crippen LogP contribution in [0.25, 0.3) is 0 Å². The summed E-state index contributed by atoms with van der Waals surface area (Å²) >= 11 is 0. The normalized spacial score (nSPS) is 13.7. The topological polar surface area (TPSA) is 48.3 Å². The Kier molecular flexibility index (Phi) is 3.59. The van der Waals surface area contributed by atoms with Crippen molar-refractivity contribution in [2.75, 3.05) is 6.79 Å². The van der Waals surface area contributed by atoms with Crippen molar-refractivity contribution in [3.8, 4) is 11.5 Å². The third kappa shape index (κ3) is 3.03. The fraction of sp³-hybridized carbons (Fsp3) is 0.438. The second-order valence-electron chi connectivity index (χ2n) is 6.22. The van der Waals surface area contributed by atoms with E-state index in [-0.39, 0.29) is 5.54 Å². The van der Waals surface area contributed by atoms with Crippen molar-refractivity contribution in [2.24, 2.45) is 0 Å². The molecule has 2 aromatic rings. The Morgan fingerprint density at radius 2 is 2.10 bits per heavy atom. The highest BCUT2D eigenvalue weighted by atomic mass is 16.7. The summed E-state index contributed by atoms with van der Waals surface area (Å²) in [5.74, 6) is 1.69. The van der Waals surface area contributed by atoms with Gasteiger partial charge in [0.15, 0.2) is 11.5 Å². The van der Waals surface area contributed by atoms with Gasteiger partial charge in [-0.25, -0.2) is 0 Å². The van der Waals surface area contributed by atoms with Crippen LogP contribution in [0.2, 0.25) is 0 Å². The second kappa shape index (κ2) is 5.41. The van der Waals surface area contributed by atoms with E-state index in [9.17, 15) is 0 Å². The van der Waals surface area contributed by atoms with Crippen molar-refractivity contribution in [1.82, 2.24) is 15.1 Å². The highest BCUT2D eigenvalue weighted by Gasteiger charge is 2.17. The van der Waals surface area contributed by atoms with E-state index in [1.165, 1.54) is 5.56 Å². The summed E-state index contributed by atoms with van der Waals surface area (Å²) in [7, 11) is 0. The molecule has 1 aromatic carbocycles. The summed E-state index contributed by atoms with van der Waals surface area (Å²) in [4.78, 5) is 0. The van der Waals surface area contributed by atoms with Crippen LogP contribution in [0.4, 0.5) is 0 Å². The van der Waals surface area contributed by atoms with Crippen LogP contribution in [0.5, 0.6) is 11.5 Å². The number of nitrogens with one attached hydrogen (secondary N) is 1. The minimum Gasteiger partial charge on any atom is -0.454 e. The molecule has 5 heteroatoms. The molecule has 1 aliphatic heterocycles. The Morgan fingerprint density at radius 1 is 1.24 bits per heavy atom. The van der Waals surface area contributed by atoms with Crippen molar-refractivity contribution in [3.63, 3.8) is 0 Å². The molecule has 0 unspecified atom stereocenters. The van der Waals surface area contributed by atoms with E-state index < -0.39 is 0 Å². The first-order chi connectivity index (χ1) is 10.0. The van der Waals surface area contributed by atoms with Gasteiger partial charge in [0, 0.05) is 30.4 Å². The Morgan fingerprint density at radius 3 is 2.86 bits per heavy atom. The van der Waals surface area contributed by atoms with Gasteiger partial charge in [0.25, 0.3) is 0 Å². The molecule has 0 radical (unpaired) electrons. The Bertz CT molecular complexity index is 629. The minimum absolute atomic E-state index is 0.0175. The highest BCUT2D eigenvalue weighted by molar-refractivity contribution is 5.48. The molecule has 2 heterocycles.